The van der Waals surface area contributed by atoms with E-state index < -0.39 is 0 Å². The average molecular weight is 602 g/mol. The van der Waals surface area contributed by atoms with E-state index in [4.69, 9.17) is 23.2 Å². The third-order valence-corrected chi connectivity index (χ3v) is 8.08. The van der Waals surface area contributed by atoms with E-state index in [2.05, 4.69) is 58.7 Å². The second-order valence-corrected chi connectivity index (χ2v) is 11.2. The molecule has 1 fully saturated rings. The maximum Gasteiger partial charge on any atom is 0.322 e. The molecule has 0 unspecified atom stereocenters. The Hall–Kier alpha value is -3.84. The number of carbonyl (C=O) groups is 2. The summed E-state index contributed by atoms with van der Waals surface area (Å²) in [5.41, 5.74) is 3.93. The summed E-state index contributed by atoms with van der Waals surface area (Å²) in [6, 6.07) is 35.5. The zero-order valence-electron chi connectivity index (χ0n) is 23.3. The number of halogens is 2. The molecule has 1 aliphatic rings. The quantitative estimate of drug-likeness (QED) is 0.218. The molecule has 1 N–H and O–H groups in total. The molecule has 8 heteroatoms. The fourth-order valence-electron chi connectivity index (χ4n) is 5.34. The Labute approximate surface area is 257 Å². The molecular weight excluding hydrogens is 567 g/mol. The van der Waals surface area contributed by atoms with Crippen LogP contribution in [0.2, 0.25) is 10.0 Å². The highest BCUT2D eigenvalue weighted by molar-refractivity contribution is 6.36. The lowest BCUT2D eigenvalue weighted by Crippen LogP contribution is -2.50. The monoisotopic (exact) mass is 600 g/mol. The first kappa shape index (κ1) is 29.6. The van der Waals surface area contributed by atoms with Gasteiger partial charge in [-0.1, -0.05) is 114 Å². The summed E-state index contributed by atoms with van der Waals surface area (Å²) in [5, 5.41) is 3.72. The van der Waals surface area contributed by atoms with E-state index in [1.807, 2.05) is 47.4 Å². The lowest BCUT2D eigenvalue weighted by molar-refractivity contribution is -0.133. The Morgan fingerprint density at radius 2 is 1.33 bits per heavy atom. The van der Waals surface area contributed by atoms with Gasteiger partial charge < -0.3 is 15.1 Å². The first-order valence-electron chi connectivity index (χ1n) is 14.1. The zero-order valence-corrected chi connectivity index (χ0v) is 24.8. The number of carbonyl (C=O) groups excluding carboxylic acids is 2. The van der Waals surface area contributed by atoms with Crippen molar-refractivity contribution in [2.45, 2.75) is 19.0 Å². The van der Waals surface area contributed by atoms with E-state index in [1.165, 1.54) is 11.1 Å². The molecule has 0 atom stereocenters. The van der Waals surface area contributed by atoms with Crippen molar-refractivity contribution in [2.24, 2.45) is 0 Å². The molecule has 4 aromatic rings. The topological polar surface area (TPSA) is 55.9 Å². The third-order valence-electron chi connectivity index (χ3n) is 7.53. The van der Waals surface area contributed by atoms with E-state index in [0.29, 0.717) is 35.4 Å². The summed E-state index contributed by atoms with van der Waals surface area (Å²) in [6.07, 6.45) is 0.232. The maximum atomic E-state index is 13.4. The molecule has 4 aromatic carbocycles. The summed E-state index contributed by atoms with van der Waals surface area (Å²) in [4.78, 5) is 32.7. The second-order valence-electron chi connectivity index (χ2n) is 10.4. The lowest BCUT2D eigenvalue weighted by atomic mass is 9.96. The summed E-state index contributed by atoms with van der Waals surface area (Å²) in [6.45, 7) is 3.46. The van der Waals surface area contributed by atoms with Crippen LogP contribution in [-0.4, -0.2) is 59.4 Å². The number of amides is 3. The number of rotatable bonds is 9. The highest BCUT2D eigenvalue weighted by Crippen LogP contribution is 2.30. The Morgan fingerprint density at radius 1 is 0.762 bits per heavy atom. The summed E-state index contributed by atoms with van der Waals surface area (Å²) < 4.78 is 0. The molecule has 216 valence electrons. The fourth-order valence-corrected chi connectivity index (χ4v) is 5.80. The molecule has 6 nitrogen and oxygen atoms in total. The molecule has 0 aliphatic carbocycles. The van der Waals surface area contributed by atoms with Gasteiger partial charge in [0.15, 0.2) is 0 Å². The number of urea groups is 1. The molecule has 0 bridgehead atoms. The molecule has 0 spiro atoms. The van der Waals surface area contributed by atoms with Crippen LogP contribution in [0.4, 0.5) is 10.5 Å². The van der Waals surface area contributed by atoms with Crippen molar-refractivity contribution in [2.75, 3.05) is 38.0 Å². The van der Waals surface area contributed by atoms with E-state index in [9.17, 15) is 9.59 Å². The van der Waals surface area contributed by atoms with Gasteiger partial charge in [0.05, 0.1) is 16.8 Å². The largest absolute Gasteiger partial charge is 0.340 e. The van der Waals surface area contributed by atoms with E-state index in [1.54, 1.807) is 23.1 Å². The van der Waals surface area contributed by atoms with Gasteiger partial charge in [-0.15, -0.1) is 0 Å². The SMILES string of the molecule is O=C(CCN(Cc1ccccc1)C(=O)Nc1ccc(Cl)cc1Cl)N1CCN(C(c2ccccc2)c2ccccc2)CC1. The smallest absolute Gasteiger partial charge is 0.322 e. The van der Waals surface area contributed by atoms with Crippen molar-refractivity contribution < 1.29 is 9.59 Å². The first-order valence-corrected chi connectivity index (χ1v) is 14.9. The zero-order chi connectivity index (χ0) is 29.3. The van der Waals surface area contributed by atoms with E-state index in [0.717, 1.165) is 18.7 Å². The van der Waals surface area contributed by atoms with E-state index in [-0.39, 0.29) is 30.9 Å². The van der Waals surface area contributed by atoms with Crippen molar-refractivity contribution in [1.82, 2.24) is 14.7 Å². The third kappa shape index (κ3) is 7.71. The van der Waals surface area contributed by atoms with Crippen LogP contribution in [0.3, 0.4) is 0 Å². The van der Waals surface area contributed by atoms with Crippen LogP contribution in [0.1, 0.15) is 29.2 Å². The molecule has 0 saturated carbocycles. The number of nitrogens with one attached hydrogen (secondary N) is 1. The molecule has 1 saturated heterocycles. The minimum absolute atomic E-state index is 0.0426. The summed E-state index contributed by atoms with van der Waals surface area (Å²) in [5.74, 6) is 0.0426. The normalized spacial score (nSPS) is 13.6. The van der Waals surface area contributed by atoms with Gasteiger partial charge in [-0.25, -0.2) is 4.79 Å². The van der Waals surface area contributed by atoms with Crippen molar-refractivity contribution in [3.8, 4) is 0 Å². The lowest BCUT2D eigenvalue weighted by Gasteiger charge is -2.40. The molecule has 5 rings (SSSR count). The number of piperazine rings is 1. The fraction of sp³-hybridized carbons (Fsp3) is 0.235. The first-order chi connectivity index (χ1) is 20.5. The Balaban J connectivity index is 1.22. The average Bonchev–Trinajstić information content (AvgIpc) is 3.02. The molecule has 0 radical (unpaired) electrons. The minimum Gasteiger partial charge on any atom is -0.340 e. The summed E-state index contributed by atoms with van der Waals surface area (Å²) in [7, 11) is 0. The van der Waals surface area contributed by atoms with Crippen LogP contribution in [0.15, 0.2) is 109 Å². The van der Waals surface area contributed by atoms with Gasteiger partial charge in [0, 0.05) is 50.7 Å². The predicted octanol–water partition coefficient (Wildman–Crippen LogP) is 7.35. The van der Waals surface area contributed by atoms with Crippen LogP contribution in [0.25, 0.3) is 0 Å². The van der Waals surface area contributed by atoms with Gasteiger partial charge in [0.1, 0.15) is 0 Å². The van der Waals surface area contributed by atoms with Crippen LogP contribution in [-0.2, 0) is 11.3 Å². The highest BCUT2D eigenvalue weighted by atomic mass is 35.5. The Morgan fingerprint density at radius 3 is 1.90 bits per heavy atom. The van der Waals surface area contributed by atoms with Gasteiger partial charge in [-0.05, 0) is 34.9 Å². The number of benzene rings is 4. The molecule has 1 heterocycles. The predicted molar refractivity (Wildman–Crippen MR) is 170 cm³/mol. The van der Waals surface area contributed by atoms with Gasteiger partial charge in [-0.2, -0.15) is 0 Å². The molecular formula is C34H34Cl2N4O2. The maximum absolute atomic E-state index is 13.4. The van der Waals surface area contributed by atoms with Crippen LogP contribution in [0.5, 0.6) is 0 Å². The number of hydrogen-bond donors (Lipinski definition) is 1. The van der Waals surface area contributed by atoms with Crippen LogP contribution in [0, 0.1) is 0 Å². The number of anilines is 1. The van der Waals surface area contributed by atoms with Crippen molar-refractivity contribution >= 4 is 40.8 Å². The number of nitrogens with zero attached hydrogens (tertiary/aromatic N) is 3. The molecule has 42 heavy (non-hydrogen) atoms. The van der Waals surface area contributed by atoms with Crippen molar-refractivity contribution in [1.29, 1.82) is 0 Å². The Kier molecular flexibility index (Phi) is 10.1. The van der Waals surface area contributed by atoms with Gasteiger partial charge >= 0.3 is 6.03 Å². The van der Waals surface area contributed by atoms with Crippen molar-refractivity contribution in [3.63, 3.8) is 0 Å². The van der Waals surface area contributed by atoms with Crippen LogP contribution < -0.4 is 5.32 Å². The highest BCUT2D eigenvalue weighted by Gasteiger charge is 2.28. The second kappa shape index (κ2) is 14.4. The van der Waals surface area contributed by atoms with E-state index >= 15 is 0 Å². The summed E-state index contributed by atoms with van der Waals surface area (Å²) >= 11 is 12.3. The van der Waals surface area contributed by atoms with Gasteiger partial charge in [0.25, 0.3) is 0 Å². The molecule has 3 amide bonds. The van der Waals surface area contributed by atoms with Crippen molar-refractivity contribution in [3.05, 3.63) is 136 Å². The minimum atomic E-state index is -0.325. The Bertz CT molecular complexity index is 1420. The molecule has 1 aliphatic heterocycles. The van der Waals surface area contributed by atoms with Crippen LogP contribution >= 0.6 is 23.2 Å². The molecule has 0 aromatic heterocycles. The van der Waals surface area contributed by atoms with Gasteiger partial charge in [-0.3, -0.25) is 9.69 Å². The van der Waals surface area contributed by atoms with Gasteiger partial charge in [0.2, 0.25) is 5.91 Å². The standard InChI is InChI=1S/C34H34Cl2N4O2/c35-29-16-17-31(30(36)24-29)37-34(42)40(25-26-10-4-1-5-11-26)19-18-32(41)38-20-22-39(23-21-38)33(27-12-6-2-7-13-27)28-14-8-3-9-15-28/h1-17,24,33H,18-23,25H2,(H,37,42). The number of hydrogen-bond acceptors (Lipinski definition) is 3.